The molecular weight excluding hydrogens is 548 g/mol. The third-order valence-corrected chi connectivity index (χ3v) is 7.71. The fraction of sp³-hybridized carbons (Fsp3) is 0.292. The molecule has 0 saturated carbocycles. The van der Waals surface area contributed by atoms with Gasteiger partial charge in [0.05, 0.1) is 41.7 Å². The van der Waals surface area contributed by atoms with Crippen molar-refractivity contribution in [3.8, 4) is 0 Å². The van der Waals surface area contributed by atoms with Crippen molar-refractivity contribution in [1.82, 2.24) is 10.3 Å². The third kappa shape index (κ3) is 4.71. The number of fused-ring (bicyclic) bond motifs is 1. The summed E-state index contributed by atoms with van der Waals surface area (Å²) in [7, 11) is 0. The molecule has 1 aliphatic heterocycles. The van der Waals surface area contributed by atoms with Gasteiger partial charge in [-0.05, 0) is 37.1 Å². The van der Waals surface area contributed by atoms with E-state index in [0.29, 0.717) is 47.8 Å². The van der Waals surface area contributed by atoms with E-state index in [4.69, 9.17) is 15.0 Å². The minimum Gasteiger partial charge on any atom is -0.857 e. The number of aliphatic imine (C=N–C) groups is 1. The van der Waals surface area contributed by atoms with Crippen molar-refractivity contribution in [2.75, 3.05) is 37.0 Å². The highest BCUT2D eigenvalue weighted by atomic mass is 79.9. The van der Waals surface area contributed by atoms with Crippen LogP contribution in [0.25, 0.3) is 10.2 Å². The zero-order valence-electron chi connectivity index (χ0n) is 19.7. The van der Waals surface area contributed by atoms with E-state index in [9.17, 15) is 9.90 Å². The van der Waals surface area contributed by atoms with Crippen molar-refractivity contribution in [2.45, 2.75) is 20.3 Å². The van der Waals surface area contributed by atoms with Crippen LogP contribution >= 0.6 is 27.3 Å². The maximum Gasteiger partial charge on any atom is 0.324 e. The molecular formula is C24H23BrN6O4S. The first kappa shape index (κ1) is 24.3. The number of nitrogens with zero attached hydrogens (tertiary/aromatic N) is 5. The summed E-state index contributed by atoms with van der Waals surface area (Å²) in [6.07, 6.45) is 1.73. The lowest BCUT2D eigenvalue weighted by molar-refractivity contribution is -0.759. The molecule has 0 unspecified atom stereocenters. The molecule has 0 atom stereocenters. The summed E-state index contributed by atoms with van der Waals surface area (Å²) in [5, 5.41) is 19.5. The zero-order valence-corrected chi connectivity index (χ0v) is 22.1. The van der Waals surface area contributed by atoms with Crippen molar-refractivity contribution in [1.29, 1.82) is 0 Å². The number of Topliss-reactive ketones (excluding diaryl/α,β-unsaturated/α-hetero) is 1. The number of morpholine rings is 1. The number of aryl methyl sites for hydroxylation is 2. The number of aromatic nitrogens is 3. The molecule has 2 N–H and O–H groups in total. The molecule has 1 fully saturated rings. The van der Waals surface area contributed by atoms with E-state index >= 15 is 0 Å². The lowest BCUT2D eigenvalue weighted by Crippen LogP contribution is -2.62. The van der Waals surface area contributed by atoms with E-state index in [1.807, 2.05) is 31.0 Å². The second kappa shape index (κ2) is 9.96. The number of ether oxygens (including phenoxy) is 1. The van der Waals surface area contributed by atoms with Crippen LogP contribution in [0.5, 0.6) is 0 Å². The number of ketones is 1. The van der Waals surface area contributed by atoms with Crippen LogP contribution in [0.1, 0.15) is 32.1 Å². The van der Waals surface area contributed by atoms with E-state index in [2.05, 4.69) is 31.2 Å². The molecule has 5 rings (SSSR count). The normalized spacial score (nSPS) is 14.5. The van der Waals surface area contributed by atoms with Crippen LogP contribution in [0, 0.1) is 13.8 Å². The molecule has 0 radical (unpaired) electrons. The number of anilines is 1. The maximum atomic E-state index is 13.0. The number of halogens is 1. The molecule has 12 heteroatoms. The van der Waals surface area contributed by atoms with Gasteiger partial charge in [-0.15, -0.1) is 16.3 Å². The van der Waals surface area contributed by atoms with Gasteiger partial charge >= 0.3 is 5.88 Å². The van der Waals surface area contributed by atoms with E-state index in [1.54, 1.807) is 18.3 Å². The first-order chi connectivity index (χ1) is 17.3. The van der Waals surface area contributed by atoms with E-state index in [1.165, 1.54) is 16.1 Å². The molecule has 4 heterocycles. The van der Waals surface area contributed by atoms with Crippen LogP contribution in [-0.2, 0) is 11.2 Å². The number of thiophene rings is 1. The van der Waals surface area contributed by atoms with Gasteiger partial charge in [0, 0.05) is 33.4 Å². The summed E-state index contributed by atoms with van der Waals surface area (Å²) in [6.45, 7) is 6.25. The van der Waals surface area contributed by atoms with E-state index in [-0.39, 0.29) is 23.0 Å². The molecule has 1 aliphatic rings. The number of carbonyl (C=O) groups excluding carboxylic acids is 1. The van der Waals surface area contributed by atoms with Crippen LogP contribution in [-0.4, -0.2) is 48.2 Å². The minimum atomic E-state index is -0.537. The molecule has 0 amide bonds. The molecule has 4 aromatic rings. The van der Waals surface area contributed by atoms with Gasteiger partial charge in [0.1, 0.15) is 4.83 Å². The smallest absolute Gasteiger partial charge is 0.324 e. The lowest BCUT2D eigenvalue weighted by Gasteiger charge is -2.18. The summed E-state index contributed by atoms with van der Waals surface area (Å²) in [6, 6.07) is 7.24. The van der Waals surface area contributed by atoms with Crippen molar-refractivity contribution < 1.29 is 24.0 Å². The second-order valence-corrected chi connectivity index (χ2v) is 10.3. The Kier molecular flexibility index (Phi) is 6.73. The summed E-state index contributed by atoms with van der Waals surface area (Å²) in [5.74, 6) is -0.482. The highest BCUT2D eigenvalue weighted by molar-refractivity contribution is 9.10. The monoisotopic (exact) mass is 570 g/mol. The molecule has 0 aliphatic carbocycles. The van der Waals surface area contributed by atoms with Crippen LogP contribution in [0.3, 0.4) is 0 Å². The summed E-state index contributed by atoms with van der Waals surface area (Å²) in [4.78, 5) is 24.1. The number of hydrogen-bond donors (Lipinski definition) is 1. The molecule has 0 spiro atoms. The van der Waals surface area contributed by atoms with Gasteiger partial charge in [0.25, 0.3) is 6.20 Å². The van der Waals surface area contributed by atoms with Crippen molar-refractivity contribution in [3.63, 3.8) is 0 Å². The van der Waals surface area contributed by atoms with Gasteiger partial charge in [-0.2, -0.15) is 0 Å². The molecule has 0 bridgehead atoms. The Morgan fingerprint density at radius 3 is 2.72 bits per heavy atom. The van der Waals surface area contributed by atoms with E-state index < -0.39 is 5.90 Å². The third-order valence-electron chi connectivity index (χ3n) is 6.09. The summed E-state index contributed by atoms with van der Waals surface area (Å²) >= 11 is 4.56. The Labute approximate surface area is 219 Å². The average molecular weight is 571 g/mol. The van der Waals surface area contributed by atoms with Crippen LogP contribution in [0.4, 0.5) is 11.6 Å². The lowest BCUT2D eigenvalue weighted by atomic mass is 9.96. The maximum absolute atomic E-state index is 13.0. The Hall–Kier alpha value is -3.35. The molecule has 36 heavy (non-hydrogen) atoms. The van der Waals surface area contributed by atoms with Crippen LogP contribution < -0.4 is 20.6 Å². The standard InChI is InChI=1S/C24H23BrN6O4S/c1-13-17(11-18(32)15-3-5-16(25)6-4-15)14(2)27-24-20(13)21(26)22(36-24)23(33)28-19-12-31(29-35-19)30-7-9-34-10-8-30/h3-6,12H,7-11H2,1-2H3,(H2-,26,28,29,33). The van der Waals surface area contributed by atoms with Gasteiger partial charge in [-0.25, -0.2) is 9.98 Å². The fourth-order valence-electron chi connectivity index (χ4n) is 4.15. The van der Waals surface area contributed by atoms with Crippen molar-refractivity contribution >= 4 is 60.7 Å². The van der Waals surface area contributed by atoms with Gasteiger partial charge in [-0.1, -0.05) is 28.1 Å². The number of hydrogen-bond acceptors (Lipinski definition) is 10. The van der Waals surface area contributed by atoms with Crippen LogP contribution in [0.15, 0.2) is 44.5 Å². The second-order valence-electron chi connectivity index (χ2n) is 8.38. The highest BCUT2D eigenvalue weighted by Gasteiger charge is 2.23. The predicted molar refractivity (Wildman–Crippen MR) is 137 cm³/mol. The zero-order chi connectivity index (χ0) is 25.4. The molecule has 3 aromatic heterocycles. The first-order valence-electron chi connectivity index (χ1n) is 11.3. The molecule has 1 saturated heterocycles. The van der Waals surface area contributed by atoms with Gasteiger partial charge in [-0.3, -0.25) is 9.32 Å². The summed E-state index contributed by atoms with van der Waals surface area (Å²) in [5.41, 5.74) is 9.70. The predicted octanol–water partition coefficient (Wildman–Crippen LogP) is 2.37. The van der Waals surface area contributed by atoms with Crippen LogP contribution in [0.2, 0.25) is 0 Å². The SMILES string of the molecule is Cc1nc2sc(/C([O-])=N/c3c[n+](N4CCOCC4)no3)c(N)c2c(C)c1CC(=O)c1ccc(Br)cc1. The Morgan fingerprint density at radius 2 is 2.00 bits per heavy atom. The van der Waals surface area contributed by atoms with Crippen molar-refractivity contribution in [2.24, 2.45) is 4.99 Å². The van der Waals surface area contributed by atoms with Crippen molar-refractivity contribution in [3.05, 3.63) is 62.2 Å². The molecule has 186 valence electrons. The first-order valence-corrected chi connectivity index (χ1v) is 12.9. The number of benzene rings is 1. The highest BCUT2D eigenvalue weighted by Crippen LogP contribution is 2.37. The number of nitrogen functional groups attached to an aromatic ring is 1. The Morgan fingerprint density at radius 1 is 1.28 bits per heavy atom. The number of nitrogens with two attached hydrogens (primary N) is 1. The average Bonchev–Trinajstić information content (AvgIpc) is 3.47. The summed E-state index contributed by atoms with van der Waals surface area (Å²) < 4.78 is 11.5. The van der Waals surface area contributed by atoms with Gasteiger partial charge < -0.3 is 15.6 Å². The largest absolute Gasteiger partial charge is 0.857 e. The Bertz CT molecular complexity index is 1470. The quantitative estimate of drug-likeness (QED) is 0.161. The van der Waals surface area contributed by atoms with Gasteiger partial charge in [0.15, 0.2) is 5.78 Å². The Balaban J connectivity index is 1.45. The fourth-order valence-corrected chi connectivity index (χ4v) is 5.50. The van der Waals surface area contributed by atoms with E-state index in [0.717, 1.165) is 21.3 Å². The topological polar surface area (TPSA) is 134 Å². The minimum absolute atomic E-state index is 0.0196. The number of rotatable bonds is 6. The number of carbonyl (C=O) groups is 1. The van der Waals surface area contributed by atoms with Gasteiger partial charge in [0.2, 0.25) is 5.27 Å². The molecule has 10 nitrogen and oxygen atoms in total. The number of pyridine rings is 1. The molecule has 1 aromatic carbocycles.